The summed E-state index contributed by atoms with van der Waals surface area (Å²) in [7, 11) is -3.52. The molecular weight excluding hydrogens is 336 g/mol. The van der Waals surface area contributed by atoms with E-state index in [0.717, 1.165) is 22.4 Å². The van der Waals surface area contributed by atoms with E-state index in [1.54, 1.807) is 18.2 Å². The van der Waals surface area contributed by atoms with E-state index in [1.807, 2.05) is 44.2 Å². The molecule has 0 aliphatic carbocycles. The van der Waals surface area contributed by atoms with Crippen LogP contribution in [0, 0.1) is 19.8 Å². The summed E-state index contributed by atoms with van der Waals surface area (Å²) >= 11 is 0. The van der Waals surface area contributed by atoms with Gasteiger partial charge in [-0.3, -0.25) is 0 Å². The summed E-state index contributed by atoms with van der Waals surface area (Å²) in [6.07, 6.45) is -0.214. The van der Waals surface area contributed by atoms with Gasteiger partial charge in [0.15, 0.2) is 6.10 Å². The van der Waals surface area contributed by atoms with Crippen molar-refractivity contribution >= 4 is 15.7 Å². The van der Waals surface area contributed by atoms with E-state index in [-0.39, 0.29) is 12.0 Å². The zero-order valence-electron chi connectivity index (χ0n) is 14.2. The minimum Gasteiger partial charge on any atom is -0.390 e. The van der Waals surface area contributed by atoms with Crippen LogP contribution in [0.5, 0.6) is 0 Å². The molecule has 5 nitrogen and oxygen atoms in total. The van der Waals surface area contributed by atoms with Crippen LogP contribution in [0.25, 0.3) is 0 Å². The first-order valence-electron chi connectivity index (χ1n) is 8.33. The number of aryl methyl sites for hydroxylation is 2. The van der Waals surface area contributed by atoms with Gasteiger partial charge in [0, 0.05) is 12.1 Å². The molecule has 0 radical (unpaired) electrons. The number of nitrogens with zero attached hydrogens (tertiary/aromatic N) is 2. The van der Waals surface area contributed by atoms with Gasteiger partial charge in [-0.25, -0.2) is 8.42 Å². The Balaban J connectivity index is 1.62. The van der Waals surface area contributed by atoms with E-state index in [2.05, 4.69) is 5.16 Å². The van der Waals surface area contributed by atoms with Crippen molar-refractivity contribution < 1.29 is 13.3 Å². The number of rotatable bonds is 3. The zero-order chi connectivity index (χ0) is 17.6. The standard InChI is InChI=1S/C19H20N2O3S/c1-13-6-5-8-15(10-13)25(22,23)21-11-17-18(12-21)24-20-19(17)16-9-4-3-7-14(16)2/h3-10,17-18H,11-12H2,1-2H3. The van der Waals surface area contributed by atoms with Crippen molar-refractivity contribution in [3.8, 4) is 0 Å². The van der Waals surface area contributed by atoms with Gasteiger partial charge >= 0.3 is 0 Å². The minimum absolute atomic E-state index is 0.0271. The van der Waals surface area contributed by atoms with Crippen LogP contribution in [0.2, 0.25) is 0 Å². The highest BCUT2D eigenvalue weighted by molar-refractivity contribution is 7.89. The molecule has 2 unspecified atom stereocenters. The van der Waals surface area contributed by atoms with E-state index in [1.165, 1.54) is 4.31 Å². The molecular formula is C19H20N2O3S. The fraction of sp³-hybridized carbons (Fsp3) is 0.316. The molecule has 0 amide bonds. The van der Waals surface area contributed by atoms with Gasteiger partial charge in [0.1, 0.15) is 0 Å². The van der Waals surface area contributed by atoms with Gasteiger partial charge in [-0.2, -0.15) is 4.31 Å². The Morgan fingerprint density at radius 1 is 1.08 bits per heavy atom. The van der Waals surface area contributed by atoms with Crippen molar-refractivity contribution in [3.63, 3.8) is 0 Å². The molecule has 0 N–H and O–H groups in total. The second-order valence-corrected chi connectivity index (χ2v) is 8.62. The van der Waals surface area contributed by atoms with Gasteiger partial charge in [0.2, 0.25) is 10.0 Å². The second kappa shape index (κ2) is 5.97. The molecule has 0 bridgehead atoms. The fourth-order valence-corrected chi connectivity index (χ4v) is 5.11. The van der Waals surface area contributed by atoms with Gasteiger partial charge in [-0.1, -0.05) is 41.6 Å². The Kier molecular flexibility index (Phi) is 3.89. The molecule has 4 rings (SSSR count). The van der Waals surface area contributed by atoms with Crippen molar-refractivity contribution in [1.29, 1.82) is 0 Å². The van der Waals surface area contributed by atoms with Crippen LogP contribution in [0.3, 0.4) is 0 Å². The average molecular weight is 356 g/mol. The molecule has 0 saturated carbocycles. The number of hydrogen-bond acceptors (Lipinski definition) is 4. The molecule has 2 aromatic rings. The van der Waals surface area contributed by atoms with Crippen LogP contribution in [0.1, 0.15) is 16.7 Å². The maximum atomic E-state index is 13.0. The topological polar surface area (TPSA) is 59.0 Å². The molecule has 25 heavy (non-hydrogen) atoms. The first-order valence-corrected chi connectivity index (χ1v) is 9.77. The summed E-state index contributed by atoms with van der Waals surface area (Å²) < 4.78 is 27.4. The number of oxime groups is 1. The van der Waals surface area contributed by atoms with E-state index in [4.69, 9.17) is 4.84 Å². The van der Waals surface area contributed by atoms with Crippen LogP contribution in [-0.2, 0) is 14.9 Å². The van der Waals surface area contributed by atoms with E-state index < -0.39 is 10.0 Å². The summed E-state index contributed by atoms with van der Waals surface area (Å²) in [6, 6.07) is 15.0. The smallest absolute Gasteiger partial charge is 0.243 e. The molecule has 6 heteroatoms. The third-order valence-corrected chi connectivity index (χ3v) is 6.75. The normalized spacial score (nSPS) is 23.2. The number of sulfonamides is 1. The third-order valence-electron chi connectivity index (χ3n) is 4.92. The predicted octanol–water partition coefficient (Wildman–Crippen LogP) is 2.73. The maximum absolute atomic E-state index is 13.0. The SMILES string of the molecule is Cc1cccc(S(=O)(=O)N2CC3ON=C(c4ccccc4C)C3C2)c1. The molecule has 1 fully saturated rings. The van der Waals surface area contributed by atoms with E-state index in [9.17, 15) is 8.42 Å². The zero-order valence-corrected chi connectivity index (χ0v) is 15.0. The van der Waals surface area contributed by atoms with Gasteiger partial charge in [0.05, 0.1) is 23.1 Å². The lowest BCUT2D eigenvalue weighted by Crippen LogP contribution is -2.30. The van der Waals surface area contributed by atoms with Crippen molar-refractivity contribution in [3.05, 3.63) is 65.2 Å². The molecule has 0 spiro atoms. The van der Waals surface area contributed by atoms with Crippen LogP contribution in [-0.4, -0.2) is 37.6 Å². The first-order chi connectivity index (χ1) is 12.0. The van der Waals surface area contributed by atoms with Gasteiger partial charge in [-0.15, -0.1) is 0 Å². The lowest BCUT2D eigenvalue weighted by Gasteiger charge is -2.17. The van der Waals surface area contributed by atoms with Gasteiger partial charge in [0.25, 0.3) is 0 Å². The molecule has 0 aromatic heterocycles. The highest BCUT2D eigenvalue weighted by Gasteiger charge is 2.47. The molecule has 2 aromatic carbocycles. The Hall–Kier alpha value is -2.18. The molecule has 2 atom stereocenters. The summed E-state index contributed by atoms with van der Waals surface area (Å²) in [5.41, 5.74) is 3.93. The molecule has 2 aliphatic rings. The van der Waals surface area contributed by atoms with Crippen LogP contribution < -0.4 is 0 Å². The predicted molar refractivity (Wildman–Crippen MR) is 96.0 cm³/mol. The second-order valence-electron chi connectivity index (χ2n) is 6.68. The van der Waals surface area contributed by atoms with Crippen LogP contribution in [0.15, 0.2) is 58.6 Å². The largest absolute Gasteiger partial charge is 0.390 e. The lowest BCUT2D eigenvalue weighted by atomic mass is 9.92. The van der Waals surface area contributed by atoms with E-state index in [0.29, 0.717) is 18.0 Å². The Labute approximate surface area is 148 Å². The van der Waals surface area contributed by atoms with E-state index >= 15 is 0 Å². The monoisotopic (exact) mass is 356 g/mol. The van der Waals surface area contributed by atoms with Gasteiger partial charge < -0.3 is 4.84 Å². The average Bonchev–Trinajstić information content (AvgIpc) is 3.16. The molecule has 1 saturated heterocycles. The first kappa shape index (κ1) is 16.3. The number of benzene rings is 2. The lowest BCUT2D eigenvalue weighted by molar-refractivity contribution is 0.0803. The summed E-state index contributed by atoms with van der Waals surface area (Å²) in [6.45, 7) is 4.65. The number of fused-ring (bicyclic) bond motifs is 1. The van der Waals surface area contributed by atoms with Crippen molar-refractivity contribution in [2.75, 3.05) is 13.1 Å². The summed E-state index contributed by atoms with van der Waals surface area (Å²) in [5, 5.41) is 4.25. The highest BCUT2D eigenvalue weighted by Crippen LogP contribution is 2.34. The Bertz CT molecular complexity index is 953. The van der Waals surface area contributed by atoms with Crippen LogP contribution in [0.4, 0.5) is 0 Å². The summed E-state index contributed by atoms with van der Waals surface area (Å²) in [5.74, 6) is -0.0271. The van der Waals surface area contributed by atoms with Crippen LogP contribution >= 0.6 is 0 Å². The third kappa shape index (κ3) is 2.75. The Morgan fingerprint density at radius 3 is 2.64 bits per heavy atom. The summed E-state index contributed by atoms with van der Waals surface area (Å²) in [4.78, 5) is 5.90. The molecule has 130 valence electrons. The highest BCUT2D eigenvalue weighted by atomic mass is 32.2. The minimum atomic E-state index is -3.52. The quantitative estimate of drug-likeness (QED) is 0.850. The number of hydrogen-bond donors (Lipinski definition) is 0. The molecule has 2 aliphatic heterocycles. The van der Waals surface area contributed by atoms with Crippen molar-refractivity contribution in [1.82, 2.24) is 4.31 Å². The Morgan fingerprint density at radius 2 is 1.88 bits per heavy atom. The van der Waals surface area contributed by atoms with Gasteiger partial charge in [-0.05, 0) is 37.1 Å². The van der Waals surface area contributed by atoms with Crippen molar-refractivity contribution in [2.24, 2.45) is 11.1 Å². The molecule has 2 heterocycles. The fourth-order valence-electron chi connectivity index (χ4n) is 3.53. The maximum Gasteiger partial charge on any atom is 0.243 e. The van der Waals surface area contributed by atoms with Crippen molar-refractivity contribution in [2.45, 2.75) is 24.8 Å².